The predicted octanol–water partition coefficient (Wildman–Crippen LogP) is 9.76. The van der Waals surface area contributed by atoms with Crippen LogP contribution in [0.15, 0.2) is 108 Å². The van der Waals surface area contributed by atoms with Gasteiger partial charge in [-0.25, -0.2) is 0 Å². The molecule has 0 saturated heterocycles. The third kappa shape index (κ3) is 8.04. The molecular weight excluding hydrogens is 577 g/mol. The first-order valence-electron chi connectivity index (χ1n) is 13.2. The van der Waals surface area contributed by atoms with Crippen molar-refractivity contribution in [3.8, 4) is 11.5 Å². The summed E-state index contributed by atoms with van der Waals surface area (Å²) < 4.78 is 6.13. The van der Waals surface area contributed by atoms with Gasteiger partial charge >= 0.3 is 0 Å². The summed E-state index contributed by atoms with van der Waals surface area (Å²) in [5.74, 6) is 1.67. The predicted molar refractivity (Wildman–Crippen MR) is 173 cm³/mol. The molecule has 0 aliphatic rings. The van der Waals surface area contributed by atoms with Gasteiger partial charge in [0.1, 0.15) is 5.75 Å². The number of fused-ring (bicyclic) bond motifs is 1. The average molecular weight is 605 g/mol. The highest BCUT2D eigenvalue weighted by atomic mass is 35.5. The van der Waals surface area contributed by atoms with Crippen LogP contribution in [0.4, 0.5) is 17.1 Å². The zero-order valence-corrected chi connectivity index (χ0v) is 24.3. The molecule has 0 spiro atoms. The number of hydrogen-bond donors (Lipinski definition) is 3. The van der Waals surface area contributed by atoms with E-state index in [2.05, 4.69) is 20.9 Å². The SMILES string of the molecule is Clc1ccc(Cl)c(Oc2ccccc2NC(=NCCCCNc2ccnc3cc(Cl)ccc23)Nc2ccccc2)c1. The molecule has 0 aliphatic heterocycles. The lowest BCUT2D eigenvalue weighted by atomic mass is 10.2. The van der Waals surface area contributed by atoms with Crippen LogP contribution in [-0.4, -0.2) is 24.0 Å². The summed E-state index contributed by atoms with van der Waals surface area (Å²) in [6.07, 6.45) is 3.62. The van der Waals surface area contributed by atoms with Gasteiger partial charge in [0.25, 0.3) is 0 Å². The Balaban J connectivity index is 1.24. The zero-order chi connectivity index (χ0) is 28.4. The number of aliphatic imine (C=N–C) groups is 1. The van der Waals surface area contributed by atoms with Crippen molar-refractivity contribution in [2.75, 3.05) is 29.0 Å². The van der Waals surface area contributed by atoms with E-state index >= 15 is 0 Å². The molecule has 0 atom stereocenters. The van der Waals surface area contributed by atoms with Crippen LogP contribution in [0.3, 0.4) is 0 Å². The Bertz CT molecular complexity index is 1650. The number of halogens is 3. The molecule has 3 N–H and O–H groups in total. The second-order valence-corrected chi connectivity index (χ2v) is 10.5. The van der Waals surface area contributed by atoms with Gasteiger partial charge in [-0.3, -0.25) is 9.98 Å². The lowest BCUT2D eigenvalue weighted by Gasteiger charge is -2.16. The summed E-state index contributed by atoms with van der Waals surface area (Å²) in [5, 5.41) is 13.0. The molecule has 208 valence electrons. The Kier molecular flexibility index (Phi) is 9.81. The van der Waals surface area contributed by atoms with E-state index in [0.29, 0.717) is 39.1 Å². The van der Waals surface area contributed by atoms with Crippen LogP contribution < -0.4 is 20.7 Å². The fraction of sp³-hybridized carbons (Fsp3) is 0.125. The van der Waals surface area contributed by atoms with E-state index in [1.807, 2.05) is 78.9 Å². The van der Waals surface area contributed by atoms with Gasteiger partial charge in [-0.1, -0.05) is 65.1 Å². The van der Waals surface area contributed by atoms with Gasteiger partial charge in [0.15, 0.2) is 11.7 Å². The first-order chi connectivity index (χ1) is 20.0. The molecule has 5 aromatic rings. The maximum absolute atomic E-state index is 6.34. The van der Waals surface area contributed by atoms with Gasteiger partial charge in [-0.2, -0.15) is 0 Å². The van der Waals surface area contributed by atoms with Crippen molar-refractivity contribution in [2.24, 2.45) is 4.99 Å². The van der Waals surface area contributed by atoms with Crippen LogP contribution in [0.1, 0.15) is 12.8 Å². The number of para-hydroxylation sites is 3. The third-order valence-electron chi connectivity index (χ3n) is 6.16. The maximum Gasteiger partial charge on any atom is 0.200 e. The minimum atomic E-state index is 0.470. The summed E-state index contributed by atoms with van der Waals surface area (Å²) in [4.78, 5) is 9.25. The van der Waals surface area contributed by atoms with Crippen molar-refractivity contribution in [1.82, 2.24) is 4.98 Å². The molecule has 0 unspecified atom stereocenters. The molecule has 5 rings (SSSR count). The van der Waals surface area contributed by atoms with Crippen molar-refractivity contribution in [1.29, 1.82) is 0 Å². The summed E-state index contributed by atoms with van der Waals surface area (Å²) in [7, 11) is 0. The van der Waals surface area contributed by atoms with E-state index in [9.17, 15) is 0 Å². The van der Waals surface area contributed by atoms with Crippen LogP contribution in [0.2, 0.25) is 15.1 Å². The summed E-state index contributed by atoms with van der Waals surface area (Å²) in [6.45, 7) is 1.43. The number of nitrogens with zero attached hydrogens (tertiary/aromatic N) is 2. The van der Waals surface area contributed by atoms with Crippen LogP contribution >= 0.6 is 34.8 Å². The third-order valence-corrected chi connectivity index (χ3v) is 6.95. The molecule has 0 fully saturated rings. The lowest BCUT2D eigenvalue weighted by molar-refractivity contribution is 0.485. The maximum atomic E-state index is 6.34. The Hall–Kier alpha value is -3.97. The quantitative estimate of drug-likeness (QED) is 0.0841. The van der Waals surface area contributed by atoms with Gasteiger partial charge in [0.05, 0.1) is 16.2 Å². The van der Waals surface area contributed by atoms with Crippen LogP contribution in [0.5, 0.6) is 11.5 Å². The van der Waals surface area contributed by atoms with E-state index in [1.165, 1.54) is 0 Å². The minimum Gasteiger partial charge on any atom is -0.454 e. The van der Waals surface area contributed by atoms with E-state index in [-0.39, 0.29) is 0 Å². The molecule has 0 aliphatic carbocycles. The summed E-state index contributed by atoms with van der Waals surface area (Å²) in [6, 6.07) is 30.4. The fourth-order valence-corrected chi connectivity index (χ4v) is 4.64. The van der Waals surface area contributed by atoms with E-state index < -0.39 is 0 Å². The first-order valence-corrected chi connectivity index (χ1v) is 14.3. The van der Waals surface area contributed by atoms with Gasteiger partial charge < -0.3 is 20.7 Å². The number of rotatable bonds is 10. The largest absolute Gasteiger partial charge is 0.454 e. The number of nitrogens with one attached hydrogen (secondary N) is 3. The normalized spacial score (nSPS) is 11.3. The van der Waals surface area contributed by atoms with Gasteiger partial charge in [0.2, 0.25) is 0 Å². The van der Waals surface area contributed by atoms with Gasteiger partial charge in [-0.15, -0.1) is 0 Å². The van der Waals surface area contributed by atoms with Crippen molar-refractivity contribution in [3.05, 3.63) is 118 Å². The van der Waals surface area contributed by atoms with Crippen LogP contribution in [-0.2, 0) is 0 Å². The minimum absolute atomic E-state index is 0.470. The molecular formula is C32H28Cl3N5O. The standard InChI is InChI=1S/C32H28Cl3N5O/c33-22-12-14-25-27(16-19-37-29(25)20-22)36-17-6-7-18-38-32(39-24-8-2-1-3-9-24)40-28-10-4-5-11-30(28)41-31-21-23(34)13-15-26(31)35/h1-5,8-16,19-21H,6-7,17-18H2,(H,36,37)(H2,38,39,40). The number of anilines is 3. The van der Waals surface area contributed by atoms with E-state index in [0.717, 1.165) is 47.4 Å². The van der Waals surface area contributed by atoms with Crippen LogP contribution in [0, 0.1) is 0 Å². The molecule has 1 aromatic heterocycles. The molecule has 0 amide bonds. The smallest absolute Gasteiger partial charge is 0.200 e. The average Bonchev–Trinajstić information content (AvgIpc) is 2.98. The first kappa shape index (κ1) is 28.6. The lowest BCUT2D eigenvalue weighted by Crippen LogP contribution is -2.23. The fourth-order valence-electron chi connectivity index (χ4n) is 4.15. The van der Waals surface area contributed by atoms with Crippen molar-refractivity contribution in [2.45, 2.75) is 12.8 Å². The van der Waals surface area contributed by atoms with E-state index in [1.54, 1.807) is 24.4 Å². The number of benzene rings is 4. The van der Waals surface area contributed by atoms with Crippen molar-refractivity contribution < 1.29 is 4.74 Å². The van der Waals surface area contributed by atoms with Gasteiger partial charge in [-0.05, 0) is 73.5 Å². The number of ether oxygens (including phenoxy) is 1. The van der Waals surface area contributed by atoms with Gasteiger partial charge in [0, 0.05) is 52.2 Å². The molecule has 41 heavy (non-hydrogen) atoms. The Morgan fingerprint density at radius 2 is 1.51 bits per heavy atom. The number of aromatic nitrogens is 1. The van der Waals surface area contributed by atoms with Crippen molar-refractivity contribution in [3.63, 3.8) is 0 Å². The Labute approximate surface area is 254 Å². The highest BCUT2D eigenvalue weighted by molar-refractivity contribution is 6.34. The van der Waals surface area contributed by atoms with E-state index in [4.69, 9.17) is 44.5 Å². The highest BCUT2D eigenvalue weighted by Crippen LogP contribution is 2.35. The molecule has 0 bridgehead atoms. The molecule has 6 nitrogen and oxygen atoms in total. The number of pyridine rings is 1. The Morgan fingerprint density at radius 1 is 0.732 bits per heavy atom. The zero-order valence-electron chi connectivity index (χ0n) is 22.1. The number of unbranched alkanes of at least 4 members (excludes halogenated alkanes) is 1. The highest BCUT2D eigenvalue weighted by Gasteiger charge is 2.11. The van der Waals surface area contributed by atoms with Crippen LogP contribution in [0.25, 0.3) is 10.9 Å². The molecule has 0 radical (unpaired) electrons. The molecule has 4 aromatic carbocycles. The second kappa shape index (κ2) is 14.1. The summed E-state index contributed by atoms with van der Waals surface area (Å²) in [5.41, 5.74) is 3.56. The van der Waals surface area contributed by atoms with Crippen molar-refractivity contribution >= 4 is 68.7 Å². The topological polar surface area (TPSA) is 70.6 Å². The Morgan fingerprint density at radius 3 is 2.39 bits per heavy atom. The monoisotopic (exact) mass is 603 g/mol. The second-order valence-electron chi connectivity index (χ2n) is 9.17. The number of guanidine groups is 1. The molecule has 0 saturated carbocycles. The summed E-state index contributed by atoms with van der Waals surface area (Å²) >= 11 is 18.6. The number of hydrogen-bond acceptors (Lipinski definition) is 4. The molecule has 1 heterocycles. The molecule has 9 heteroatoms.